The normalized spacial score (nSPS) is 19.8. The summed E-state index contributed by atoms with van der Waals surface area (Å²) < 4.78 is 11.1. The Balaban J connectivity index is 1.51. The zero-order chi connectivity index (χ0) is 13.8. The molecule has 2 aromatic rings. The quantitative estimate of drug-likeness (QED) is 0.904. The van der Waals surface area contributed by atoms with E-state index >= 15 is 0 Å². The minimum atomic E-state index is 0.238. The van der Waals surface area contributed by atoms with E-state index in [0.29, 0.717) is 0 Å². The minimum absolute atomic E-state index is 0.238. The molecule has 1 aromatic heterocycles. The van der Waals surface area contributed by atoms with Crippen LogP contribution in [0, 0.1) is 0 Å². The highest BCUT2D eigenvalue weighted by Crippen LogP contribution is 2.12. The summed E-state index contributed by atoms with van der Waals surface area (Å²) in [5, 5.41) is 0. The predicted octanol–water partition coefficient (Wildman–Crippen LogP) is 1.80. The Morgan fingerprint density at radius 3 is 3.05 bits per heavy atom. The highest BCUT2D eigenvalue weighted by molar-refractivity contribution is 5.74. The molecule has 1 atom stereocenters. The van der Waals surface area contributed by atoms with Gasteiger partial charge in [-0.15, -0.1) is 0 Å². The fraction of sp³-hybridized carbons (Fsp3) is 0.533. The standard InChI is InChI=1S/C15H21N3O2/c1-18(7-6-12-11-19-8-9-20-12)10-15-16-13-4-2-3-5-14(13)17-15/h2-5,12H,6-11H2,1H3,(H,16,17). The van der Waals surface area contributed by atoms with Crippen molar-refractivity contribution in [2.24, 2.45) is 0 Å². The van der Waals surface area contributed by atoms with Crippen LogP contribution in [0.25, 0.3) is 11.0 Å². The van der Waals surface area contributed by atoms with E-state index in [1.165, 1.54) is 0 Å². The molecular weight excluding hydrogens is 254 g/mol. The average molecular weight is 275 g/mol. The van der Waals surface area contributed by atoms with Crippen LogP contribution in [0.4, 0.5) is 0 Å². The molecule has 0 spiro atoms. The van der Waals surface area contributed by atoms with E-state index in [-0.39, 0.29) is 6.10 Å². The molecular formula is C15H21N3O2. The van der Waals surface area contributed by atoms with Gasteiger partial charge in [-0.3, -0.25) is 4.90 Å². The van der Waals surface area contributed by atoms with E-state index in [4.69, 9.17) is 9.47 Å². The first-order valence-corrected chi connectivity index (χ1v) is 7.13. The van der Waals surface area contributed by atoms with Crippen molar-refractivity contribution >= 4 is 11.0 Å². The first kappa shape index (κ1) is 13.5. The molecule has 20 heavy (non-hydrogen) atoms. The van der Waals surface area contributed by atoms with Crippen molar-refractivity contribution < 1.29 is 9.47 Å². The number of nitrogens with zero attached hydrogens (tertiary/aromatic N) is 2. The third kappa shape index (κ3) is 3.36. The molecule has 2 heterocycles. The molecule has 1 N–H and O–H groups in total. The molecule has 0 radical (unpaired) electrons. The molecule has 1 aliphatic rings. The number of hydrogen-bond donors (Lipinski definition) is 1. The summed E-state index contributed by atoms with van der Waals surface area (Å²) >= 11 is 0. The van der Waals surface area contributed by atoms with Crippen molar-refractivity contribution in [1.29, 1.82) is 0 Å². The molecule has 0 saturated carbocycles. The zero-order valence-corrected chi connectivity index (χ0v) is 11.8. The second-order valence-electron chi connectivity index (χ2n) is 5.29. The molecule has 3 rings (SSSR count). The Labute approximate surface area is 118 Å². The Morgan fingerprint density at radius 2 is 2.25 bits per heavy atom. The van der Waals surface area contributed by atoms with Gasteiger partial charge in [-0.2, -0.15) is 0 Å². The van der Waals surface area contributed by atoms with Gasteiger partial charge >= 0.3 is 0 Å². The number of fused-ring (bicyclic) bond motifs is 1. The van der Waals surface area contributed by atoms with Gasteiger partial charge in [-0.1, -0.05) is 12.1 Å². The summed E-state index contributed by atoms with van der Waals surface area (Å²) in [6, 6.07) is 8.12. The Bertz CT molecular complexity index is 516. The fourth-order valence-corrected chi connectivity index (χ4v) is 2.48. The number of para-hydroxylation sites is 2. The minimum Gasteiger partial charge on any atom is -0.376 e. The van der Waals surface area contributed by atoms with Crippen molar-refractivity contribution in [2.45, 2.75) is 19.1 Å². The largest absolute Gasteiger partial charge is 0.376 e. The van der Waals surface area contributed by atoms with Gasteiger partial charge in [0.2, 0.25) is 0 Å². The number of ether oxygens (including phenoxy) is 2. The lowest BCUT2D eigenvalue weighted by Crippen LogP contribution is -2.32. The summed E-state index contributed by atoms with van der Waals surface area (Å²) in [5.74, 6) is 1.01. The second-order valence-corrected chi connectivity index (χ2v) is 5.29. The van der Waals surface area contributed by atoms with Crippen LogP contribution >= 0.6 is 0 Å². The van der Waals surface area contributed by atoms with Crippen LogP contribution in [0.1, 0.15) is 12.2 Å². The number of aromatic nitrogens is 2. The molecule has 1 aromatic carbocycles. The number of imidazole rings is 1. The van der Waals surface area contributed by atoms with Crippen molar-refractivity contribution in [2.75, 3.05) is 33.4 Å². The fourth-order valence-electron chi connectivity index (χ4n) is 2.48. The van der Waals surface area contributed by atoms with E-state index in [0.717, 1.165) is 56.2 Å². The monoisotopic (exact) mass is 275 g/mol. The van der Waals surface area contributed by atoms with E-state index in [9.17, 15) is 0 Å². The summed E-state index contributed by atoms with van der Waals surface area (Å²) in [6.07, 6.45) is 1.23. The van der Waals surface area contributed by atoms with Gasteiger partial charge in [-0.05, 0) is 25.6 Å². The van der Waals surface area contributed by atoms with Crippen LogP contribution in [-0.2, 0) is 16.0 Å². The summed E-state index contributed by atoms with van der Waals surface area (Å²) in [7, 11) is 2.11. The lowest BCUT2D eigenvalue weighted by molar-refractivity contribution is -0.0924. The van der Waals surface area contributed by atoms with E-state index in [1.807, 2.05) is 18.2 Å². The molecule has 108 valence electrons. The molecule has 0 aliphatic carbocycles. The maximum atomic E-state index is 5.65. The van der Waals surface area contributed by atoms with Crippen molar-refractivity contribution in [3.05, 3.63) is 30.1 Å². The van der Waals surface area contributed by atoms with Gasteiger partial charge in [0.1, 0.15) is 5.82 Å². The van der Waals surface area contributed by atoms with Gasteiger partial charge in [0.15, 0.2) is 0 Å². The van der Waals surface area contributed by atoms with Crippen LogP contribution in [0.2, 0.25) is 0 Å². The van der Waals surface area contributed by atoms with Crippen LogP contribution in [0.5, 0.6) is 0 Å². The molecule has 5 nitrogen and oxygen atoms in total. The van der Waals surface area contributed by atoms with Crippen LogP contribution in [0.3, 0.4) is 0 Å². The lowest BCUT2D eigenvalue weighted by Gasteiger charge is -2.25. The smallest absolute Gasteiger partial charge is 0.121 e. The molecule has 1 fully saturated rings. The Hall–Kier alpha value is -1.43. The van der Waals surface area contributed by atoms with Gasteiger partial charge in [0.25, 0.3) is 0 Å². The van der Waals surface area contributed by atoms with Gasteiger partial charge in [-0.25, -0.2) is 4.98 Å². The summed E-state index contributed by atoms with van der Waals surface area (Å²) in [5.41, 5.74) is 2.12. The number of H-pyrrole nitrogens is 1. The molecule has 0 amide bonds. The topological polar surface area (TPSA) is 50.4 Å². The lowest BCUT2D eigenvalue weighted by atomic mass is 10.2. The van der Waals surface area contributed by atoms with Crippen molar-refractivity contribution in [1.82, 2.24) is 14.9 Å². The SMILES string of the molecule is CN(CCC1COCCO1)Cc1nc2ccccc2[nH]1. The number of hydrogen-bond acceptors (Lipinski definition) is 4. The first-order chi connectivity index (χ1) is 9.81. The second kappa shape index (κ2) is 6.35. The third-order valence-corrected chi connectivity index (χ3v) is 3.58. The number of benzene rings is 1. The number of aromatic amines is 1. The molecule has 1 unspecified atom stereocenters. The maximum Gasteiger partial charge on any atom is 0.121 e. The number of nitrogens with one attached hydrogen (secondary N) is 1. The first-order valence-electron chi connectivity index (χ1n) is 7.13. The Kier molecular flexibility index (Phi) is 4.30. The summed E-state index contributed by atoms with van der Waals surface area (Å²) in [4.78, 5) is 10.2. The van der Waals surface area contributed by atoms with Crippen LogP contribution in [0.15, 0.2) is 24.3 Å². The highest BCUT2D eigenvalue weighted by atomic mass is 16.6. The van der Waals surface area contributed by atoms with Gasteiger partial charge in [0, 0.05) is 6.54 Å². The van der Waals surface area contributed by atoms with Crippen molar-refractivity contribution in [3.8, 4) is 0 Å². The number of rotatable bonds is 5. The molecule has 0 bridgehead atoms. The predicted molar refractivity (Wildman–Crippen MR) is 77.6 cm³/mol. The third-order valence-electron chi connectivity index (χ3n) is 3.58. The van der Waals surface area contributed by atoms with E-state index in [1.54, 1.807) is 0 Å². The van der Waals surface area contributed by atoms with E-state index in [2.05, 4.69) is 28.0 Å². The molecule has 1 aliphatic heterocycles. The molecule has 1 saturated heterocycles. The van der Waals surface area contributed by atoms with Gasteiger partial charge < -0.3 is 14.5 Å². The van der Waals surface area contributed by atoms with Crippen LogP contribution in [-0.4, -0.2) is 54.4 Å². The maximum absolute atomic E-state index is 5.65. The van der Waals surface area contributed by atoms with E-state index < -0.39 is 0 Å². The van der Waals surface area contributed by atoms with Crippen LogP contribution < -0.4 is 0 Å². The Morgan fingerprint density at radius 1 is 1.35 bits per heavy atom. The van der Waals surface area contributed by atoms with Crippen molar-refractivity contribution in [3.63, 3.8) is 0 Å². The zero-order valence-electron chi connectivity index (χ0n) is 11.8. The molecule has 5 heteroatoms. The summed E-state index contributed by atoms with van der Waals surface area (Å²) in [6.45, 7) is 3.97. The highest BCUT2D eigenvalue weighted by Gasteiger charge is 2.15. The average Bonchev–Trinajstić information content (AvgIpc) is 2.88. The van der Waals surface area contributed by atoms with Gasteiger partial charge in [0.05, 0.1) is 43.5 Å².